The molecular weight excluding hydrogens is 748 g/mol. The molecule has 2 aromatic carbocycles. The van der Waals surface area contributed by atoms with Gasteiger partial charge in [-0.2, -0.15) is 10.2 Å². The first-order chi connectivity index (χ1) is 22.6. The molecule has 4 aromatic heterocycles. The van der Waals surface area contributed by atoms with Crippen LogP contribution in [0, 0.1) is 23.3 Å². The topological polar surface area (TPSA) is 105 Å². The van der Waals surface area contributed by atoms with Crippen molar-refractivity contribution in [2.75, 3.05) is 0 Å². The molecule has 0 aliphatic rings. The van der Waals surface area contributed by atoms with Crippen LogP contribution in [0.25, 0.3) is 28.8 Å². The Labute approximate surface area is 281 Å². The lowest BCUT2D eigenvalue weighted by Crippen LogP contribution is -2.15. The first kappa shape index (κ1) is 32.2. The minimum atomic E-state index is -0.972. The van der Waals surface area contributed by atoms with Crippen LogP contribution < -0.4 is 10.6 Å². The van der Waals surface area contributed by atoms with Crippen LogP contribution in [-0.4, -0.2) is 34.3 Å². The fraction of sp³-hybridized carbons (Fsp3) is 0.125. The molecular formula is C32H24Br2F4N8O. The lowest BCUT2D eigenvalue weighted by molar-refractivity contribution is 0.480. The van der Waals surface area contributed by atoms with E-state index in [9.17, 15) is 22.7 Å². The summed E-state index contributed by atoms with van der Waals surface area (Å²) in [6.07, 6.45) is 3.01. The molecule has 9 nitrogen and oxygen atoms in total. The van der Waals surface area contributed by atoms with Crippen molar-refractivity contribution in [1.29, 1.82) is 0 Å². The Morgan fingerprint density at radius 1 is 0.830 bits per heavy atom. The van der Waals surface area contributed by atoms with Crippen molar-refractivity contribution in [3.05, 3.63) is 130 Å². The minimum absolute atomic E-state index is 0.111. The molecule has 0 unspecified atom stereocenters. The van der Waals surface area contributed by atoms with Crippen LogP contribution in [0.5, 0.6) is 5.75 Å². The van der Waals surface area contributed by atoms with Gasteiger partial charge in [-0.15, -0.1) is 0 Å². The molecule has 15 heteroatoms. The monoisotopic (exact) mass is 770 g/mol. The van der Waals surface area contributed by atoms with Crippen molar-refractivity contribution >= 4 is 60.6 Å². The van der Waals surface area contributed by atoms with Gasteiger partial charge in [0.2, 0.25) is 0 Å². The number of aromatic hydroxyl groups is 1. The number of aromatic nitrogens is 6. The Bertz CT molecular complexity index is 2180. The Morgan fingerprint density at radius 3 is 2.15 bits per heavy atom. The number of hydrogen-bond acceptors (Lipinski definition) is 7. The Hall–Kier alpha value is -4.76. The highest BCUT2D eigenvalue weighted by Crippen LogP contribution is 2.25. The fourth-order valence-electron chi connectivity index (χ4n) is 4.80. The van der Waals surface area contributed by atoms with Crippen molar-refractivity contribution in [2.24, 2.45) is 0 Å². The zero-order chi connectivity index (χ0) is 33.2. The maximum atomic E-state index is 14.0. The molecule has 0 aliphatic heterocycles. The third-order valence-corrected chi connectivity index (χ3v) is 8.28. The number of hydrogen-bond donors (Lipinski definition) is 3. The predicted molar refractivity (Wildman–Crippen MR) is 176 cm³/mol. The second-order valence-electron chi connectivity index (χ2n) is 10.4. The average Bonchev–Trinajstić information content (AvgIpc) is 3.66. The number of nitrogens with zero attached hydrogens (tertiary/aromatic N) is 6. The molecule has 3 N–H and O–H groups in total. The number of benzene rings is 2. The van der Waals surface area contributed by atoms with Crippen molar-refractivity contribution in [3.63, 3.8) is 0 Å². The highest BCUT2D eigenvalue weighted by molar-refractivity contribution is 9.08. The van der Waals surface area contributed by atoms with Gasteiger partial charge in [-0.05, 0) is 53.6 Å². The number of rotatable bonds is 11. The molecule has 4 heterocycles. The van der Waals surface area contributed by atoms with E-state index in [4.69, 9.17) is 5.10 Å². The van der Waals surface area contributed by atoms with Gasteiger partial charge < -0.3 is 15.7 Å². The van der Waals surface area contributed by atoms with Gasteiger partial charge in [0.15, 0.2) is 40.3 Å². The number of fused-ring (bicyclic) bond motifs is 2. The molecule has 6 aromatic rings. The fourth-order valence-corrected chi connectivity index (χ4v) is 5.49. The summed E-state index contributed by atoms with van der Waals surface area (Å²) in [6, 6.07) is 12.6. The maximum Gasteiger partial charge on any atom is 0.198 e. The molecule has 6 rings (SSSR count). The average molecular weight is 772 g/mol. The van der Waals surface area contributed by atoms with Gasteiger partial charge in [-0.3, -0.25) is 0 Å². The quantitative estimate of drug-likeness (QED) is 0.0976. The molecule has 0 fully saturated rings. The van der Waals surface area contributed by atoms with E-state index in [1.807, 2.05) is 0 Å². The van der Waals surface area contributed by atoms with Gasteiger partial charge in [0.1, 0.15) is 0 Å². The summed E-state index contributed by atoms with van der Waals surface area (Å²) in [5.74, 6) is -3.92. The van der Waals surface area contributed by atoms with Crippen molar-refractivity contribution in [2.45, 2.75) is 23.7 Å². The van der Waals surface area contributed by atoms with E-state index in [1.54, 1.807) is 28.8 Å². The van der Waals surface area contributed by atoms with Crippen LogP contribution in [0.3, 0.4) is 0 Å². The second kappa shape index (κ2) is 13.5. The number of nitrogens with one attached hydrogen (secondary N) is 2. The summed E-state index contributed by atoms with van der Waals surface area (Å²) in [4.78, 5) is 9.27. The zero-order valence-corrected chi connectivity index (χ0v) is 27.5. The van der Waals surface area contributed by atoms with Crippen molar-refractivity contribution in [3.8, 4) is 5.75 Å². The van der Waals surface area contributed by atoms with E-state index in [-0.39, 0.29) is 24.5 Å². The largest absolute Gasteiger partial charge is 0.503 e. The Balaban J connectivity index is 1.39. The lowest BCUT2D eigenvalue weighted by atomic mass is 10.1. The third-order valence-electron chi connectivity index (χ3n) is 7.13. The van der Waals surface area contributed by atoms with Gasteiger partial charge in [0.25, 0.3) is 0 Å². The van der Waals surface area contributed by atoms with Gasteiger partial charge in [-0.25, -0.2) is 36.6 Å². The summed E-state index contributed by atoms with van der Waals surface area (Å²) in [5.41, 5.74) is 5.50. The van der Waals surface area contributed by atoms with E-state index >= 15 is 0 Å². The molecule has 47 heavy (non-hydrogen) atoms. The molecule has 0 saturated carbocycles. The highest BCUT2D eigenvalue weighted by Gasteiger charge is 2.16. The van der Waals surface area contributed by atoms with Crippen LogP contribution in [0.1, 0.15) is 39.6 Å². The highest BCUT2D eigenvalue weighted by atomic mass is 79.9. The Kier molecular flexibility index (Phi) is 9.27. The SMILES string of the molecule is C=C(NCc1ccc(F)c(F)c1)c1cc(CBr)nc2cc(/C=C(/NCc3ccc(F)c(F)c3)c3cc(CBr)n4ncc(O)c4n3)nn12. The number of halogens is 6. The van der Waals surface area contributed by atoms with E-state index in [0.717, 1.165) is 24.3 Å². The van der Waals surface area contributed by atoms with Crippen LogP contribution in [0.2, 0.25) is 0 Å². The maximum absolute atomic E-state index is 14.0. The molecule has 0 atom stereocenters. The number of alkyl halides is 2. The molecule has 0 spiro atoms. The van der Waals surface area contributed by atoms with Crippen LogP contribution in [0.15, 0.2) is 67.4 Å². The summed E-state index contributed by atoms with van der Waals surface area (Å²) in [5, 5.41) is 26.6. The second-order valence-corrected chi connectivity index (χ2v) is 11.5. The van der Waals surface area contributed by atoms with Crippen molar-refractivity contribution < 1.29 is 22.7 Å². The molecule has 0 aliphatic carbocycles. The van der Waals surface area contributed by atoms with E-state index in [0.29, 0.717) is 67.3 Å². The molecule has 0 amide bonds. The summed E-state index contributed by atoms with van der Waals surface area (Å²) in [6.45, 7) is 4.43. The summed E-state index contributed by atoms with van der Waals surface area (Å²) < 4.78 is 57.8. The minimum Gasteiger partial charge on any atom is -0.503 e. The van der Waals surface area contributed by atoms with Crippen LogP contribution in [0.4, 0.5) is 17.6 Å². The van der Waals surface area contributed by atoms with E-state index in [1.165, 1.54) is 22.8 Å². The van der Waals surface area contributed by atoms with E-state index in [2.05, 4.69) is 64.1 Å². The Morgan fingerprint density at radius 2 is 1.51 bits per heavy atom. The zero-order valence-electron chi connectivity index (χ0n) is 24.3. The van der Waals surface area contributed by atoms with Gasteiger partial charge in [0.05, 0.1) is 46.1 Å². The summed E-state index contributed by atoms with van der Waals surface area (Å²) >= 11 is 6.91. The van der Waals surface area contributed by atoms with Gasteiger partial charge in [-0.1, -0.05) is 50.6 Å². The molecule has 240 valence electrons. The first-order valence-corrected chi connectivity index (χ1v) is 16.2. The molecule has 0 radical (unpaired) electrons. The van der Waals surface area contributed by atoms with E-state index < -0.39 is 23.3 Å². The van der Waals surface area contributed by atoms with Gasteiger partial charge in [0, 0.05) is 29.8 Å². The lowest BCUT2D eigenvalue weighted by Gasteiger charge is -2.13. The predicted octanol–water partition coefficient (Wildman–Crippen LogP) is 6.87. The standard InChI is InChI=1S/C32H24Br2F4N8O/c1-17(39-14-18-2-4-23(35)25(37)6-18)29-9-21(12-33)42-31-10-20(44-46(29)31)8-27(40-15-19-3-5-24(36)26(38)7-19)28-11-22(13-34)45-32(43-28)30(47)16-41-45/h2-11,16,39-40,47H,1,12-15H2/b27-8+. The smallest absolute Gasteiger partial charge is 0.198 e. The van der Waals surface area contributed by atoms with Gasteiger partial charge >= 0.3 is 0 Å². The molecule has 0 bridgehead atoms. The van der Waals surface area contributed by atoms with Crippen LogP contribution in [-0.2, 0) is 23.7 Å². The van der Waals surface area contributed by atoms with Crippen molar-refractivity contribution in [1.82, 2.24) is 39.8 Å². The third kappa shape index (κ3) is 6.86. The summed E-state index contributed by atoms with van der Waals surface area (Å²) in [7, 11) is 0. The first-order valence-electron chi connectivity index (χ1n) is 14.0. The normalized spacial score (nSPS) is 11.8. The molecule has 0 saturated heterocycles. The van der Waals surface area contributed by atoms with Crippen LogP contribution >= 0.6 is 31.9 Å².